The van der Waals surface area contributed by atoms with Crippen LogP contribution in [0.3, 0.4) is 0 Å². The van der Waals surface area contributed by atoms with E-state index in [1.165, 1.54) is 44.9 Å². The van der Waals surface area contributed by atoms with Gasteiger partial charge in [0.25, 0.3) is 0 Å². The first kappa shape index (κ1) is 18.8. The highest BCUT2D eigenvalue weighted by atomic mass is 16.3. The minimum absolute atomic E-state index is 0.0219. The van der Waals surface area contributed by atoms with Gasteiger partial charge in [0.05, 0.1) is 17.6 Å². The summed E-state index contributed by atoms with van der Waals surface area (Å²) in [5.74, 6) is 0.770. The van der Waals surface area contributed by atoms with Crippen LogP contribution in [0.15, 0.2) is 29.1 Å². The number of aromatic amines is 1. The first-order valence-corrected chi connectivity index (χ1v) is 10.8. The van der Waals surface area contributed by atoms with E-state index in [4.69, 9.17) is 0 Å². The van der Waals surface area contributed by atoms with Gasteiger partial charge in [-0.25, -0.2) is 4.79 Å². The Hall–Kier alpha value is -1.59. The fourth-order valence-corrected chi connectivity index (χ4v) is 5.23. The molecular formula is C22H33N3O2. The van der Waals surface area contributed by atoms with E-state index < -0.39 is 0 Å². The topological polar surface area (TPSA) is 61.3 Å². The second kappa shape index (κ2) is 8.61. The molecule has 0 bridgehead atoms. The van der Waals surface area contributed by atoms with Crippen LogP contribution in [-0.4, -0.2) is 45.3 Å². The molecule has 1 aromatic heterocycles. The number of H-pyrrole nitrogens is 1. The number of rotatable bonds is 4. The molecule has 1 saturated heterocycles. The molecule has 1 aliphatic carbocycles. The Kier molecular flexibility index (Phi) is 5.98. The summed E-state index contributed by atoms with van der Waals surface area (Å²) in [4.78, 5) is 18.0. The van der Waals surface area contributed by atoms with Gasteiger partial charge < -0.3 is 10.1 Å². The van der Waals surface area contributed by atoms with Gasteiger partial charge >= 0.3 is 5.69 Å². The van der Waals surface area contributed by atoms with Gasteiger partial charge in [0.15, 0.2) is 0 Å². The fraction of sp³-hybridized carbons (Fsp3) is 0.682. The van der Waals surface area contributed by atoms with Crippen LogP contribution in [0.25, 0.3) is 11.0 Å². The Morgan fingerprint density at radius 1 is 1.04 bits per heavy atom. The SMILES string of the molecule is O=c1[nH]c2ccccc2n1[C@@H]1CCN(CC2CCCCCCC2)[C@@H](CO)C1. The van der Waals surface area contributed by atoms with Crippen molar-refractivity contribution >= 4 is 11.0 Å². The van der Waals surface area contributed by atoms with Crippen molar-refractivity contribution in [2.75, 3.05) is 19.7 Å². The number of benzene rings is 1. The van der Waals surface area contributed by atoms with E-state index in [-0.39, 0.29) is 24.4 Å². The normalized spacial score (nSPS) is 26.1. The van der Waals surface area contributed by atoms with Gasteiger partial charge in [0.2, 0.25) is 0 Å². The van der Waals surface area contributed by atoms with Gasteiger partial charge in [-0.15, -0.1) is 0 Å². The molecule has 0 amide bonds. The van der Waals surface area contributed by atoms with E-state index in [9.17, 15) is 9.90 Å². The molecule has 2 fully saturated rings. The van der Waals surface area contributed by atoms with Crippen molar-refractivity contribution in [3.63, 3.8) is 0 Å². The number of likely N-dealkylation sites (tertiary alicyclic amines) is 1. The molecule has 1 aliphatic heterocycles. The zero-order valence-electron chi connectivity index (χ0n) is 16.3. The standard InChI is InChI=1S/C22H33N3O2/c26-16-19-14-18(25-21-11-7-6-10-20(21)23-22(25)27)12-13-24(19)15-17-8-4-2-1-3-5-9-17/h6-7,10-11,17-19,26H,1-5,8-9,12-16H2,(H,23,27)/t18-,19-/m1/s1. The minimum atomic E-state index is -0.0219. The highest BCUT2D eigenvalue weighted by molar-refractivity contribution is 5.75. The van der Waals surface area contributed by atoms with Crippen LogP contribution in [0.1, 0.15) is 63.8 Å². The Morgan fingerprint density at radius 2 is 1.78 bits per heavy atom. The van der Waals surface area contributed by atoms with Gasteiger partial charge in [-0.1, -0.05) is 44.2 Å². The smallest absolute Gasteiger partial charge is 0.326 e. The average molecular weight is 372 g/mol. The van der Waals surface area contributed by atoms with Crippen molar-refractivity contribution < 1.29 is 5.11 Å². The molecule has 1 saturated carbocycles. The number of aliphatic hydroxyl groups is 1. The number of piperidine rings is 1. The van der Waals surface area contributed by atoms with Crippen molar-refractivity contribution in [2.24, 2.45) is 5.92 Å². The molecule has 0 spiro atoms. The van der Waals surface area contributed by atoms with Crippen LogP contribution in [0.2, 0.25) is 0 Å². The van der Waals surface area contributed by atoms with E-state index in [1.54, 1.807) is 0 Å². The summed E-state index contributed by atoms with van der Waals surface area (Å²) >= 11 is 0. The molecule has 0 radical (unpaired) electrons. The van der Waals surface area contributed by atoms with E-state index in [2.05, 4.69) is 9.88 Å². The number of nitrogens with zero attached hydrogens (tertiary/aromatic N) is 2. The number of hydrogen-bond donors (Lipinski definition) is 2. The van der Waals surface area contributed by atoms with Crippen LogP contribution < -0.4 is 5.69 Å². The first-order chi connectivity index (χ1) is 13.3. The lowest BCUT2D eigenvalue weighted by Crippen LogP contribution is -2.48. The largest absolute Gasteiger partial charge is 0.395 e. The fourth-order valence-electron chi connectivity index (χ4n) is 5.23. The second-order valence-corrected chi connectivity index (χ2v) is 8.54. The Bertz CT molecular complexity index is 788. The lowest BCUT2D eigenvalue weighted by atomic mass is 9.89. The Morgan fingerprint density at radius 3 is 2.56 bits per heavy atom. The second-order valence-electron chi connectivity index (χ2n) is 8.54. The summed E-state index contributed by atoms with van der Waals surface area (Å²) in [6.07, 6.45) is 11.4. The highest BCUT2D eigenvalue weighted by Gasteiger charge is 2.31. The predicted octanol–water partition coefficient (Wildman–Crippen LogP) is 3.69. The first-order valence-electron chi connectivity index (χ1n) is 10.8. The molecule has 2 atom stereocenters. The lowest BCUT2D eigenvalue weighted by molar-refractivity contribution is 0.0519. The van der Waals surface area contributed by atoms with Crippen LogP contribution in [0, 0.1) is 5.92 Å². The summed E-state index contributed by atoms with van der Waals surface area (Å²) in [5, 5.41) is 10.1. The van der Waals surface area contributed by atoms with E-state index in [1.807, 2.05) is 28.8 Å². The molecule has 2 aromatic rings. The highest BCUT2D eigenvalue weighted by Crippen LogP contribution is 2.31. The van der Waals surface area contributed by atoms with Crippen LogP contribution in [0.5, 0.6) is 0 Å². The van der Waals surface area contributed by atoms with Crippen molar-refractivity contribution in [3.8, 4) is 0 Å². The Labute approximate surface area is 161 Å². The van der Waals surface area contributed by atoms with Gasteiger partial charge in [-0.3, -0.25) is 9.47 Å². The molecule has 148 valence electrons. The number of para-hydroxylation sites is 2. The summed E-state index contributed by atoms with van der Waals surface area (Å²) in [5.41, 5.74) is 1.86. The third-order valence-corrected chi connectivity index (χ3v) is 6.73. The maximum absolute atomic E-state index is 12.5. The third-order valence-electron chi connectivity index (χ3n) is 6.73. The molecule has 2 N–H and O–H groups in total. The molecule has 5 heteroatoms. The molecule has 4 rings (SSSR count). The number of hydrogen-bond acceptors (Lipinski definition) is 3. The maximum Gasteiger partial charge on any atom is 0.326 e. The lowest BCUT2D eigenvalue weighted by Gasteiger charge is -2.41. The number of aliphatic hydroxyl groups excluding tert-OH is 1. The molecule has 27 heavy (non-hydrogen) atoms. The van der Waals surface area contributed by atoms with Crippen molar-refractivity contribution in [1.82, 2.24) is 14.5 Å². The summed E-state index contributed by atoms with van der Waals surface area (Å²) < 4.78 is 1.92. The molecule has 5 nitrogen and oxygen atoms in total. The van der Waals surface area contributed by atoms with Gasteiger partial charge in [-0.2, -0.15) is 0 Å². The third kappa shape index (κ3) is 4.14. The minimum Gasteiger partial charge on any atom is -0.395 e. The molecule has 2 aliphatic rings. The summed E-state index contributed by atoms with van der Waals surface area (Å²) in [6.45, 7) is 2.26. The number of nitrogens with one attached hydrogen (secondary N) is 1. The maximum atomic E-state index is 12.5. The van der Waals surface area contributed by atoms with E-state index >= 15 is 0 Å². The van der Waals surface area contributed by atoms with E-state index in [0.717, 1.165) is 42.9 Å². The molecule has 1 aromatic carbocycles. The van der Waals surface area contributed by atoms with Gasteiger partial charge in [-0.05, 0) is 43.7 Å². The summed E-state index contributed by atoms with van der Waals surface area (Å²) in [7, 11) is 0. The molecular weight excluding hydrogens is 338 g/mol. The predicted molar refractivity (Wildman–Crippen MR) is 109 cm³/mol. The number of fused-ring (bicyclic) bond motifs is 1. The van der Waals surface area contributed by atoms with Gasteiger partial charge in [0, 0.05) is 25.2 Å². The monoisotopic (exact) mass is 371 g/mol. The quantitative estimate of drug-likeness (QED) is 0.862. The van der Waals surface area contributed by atoms with Crippen LogP contribution in [-0.2, 0) is 0 Å². The average Bonchev–Trinajstić information content (AvgIpc) is 2.99. The van der Waals surface area contributed by atoms with Crippen molar-refractivity contribution in [2.45, 2.75) is 69.9 Å². The molecule has 0 unspecified atom stereocenters. The van der Waals surface area contributed by atoms with Crippen LogP contribution >= 0.6 is 0 Å². The van der Waals surface area contributed by atoms with Crippen LogP contribution in [0.4, 0.5) is 0 Å². The number of aromatic nitrogens is 2. The zero-order chi connectivity index (χ0) is 18.6. The van der Waals surface area contributed by atoms with Gasteiger partial charge in [0.1, 0.15) is 0 Å². The van der Waals surface area contributed by atoms with Crippen molar-refractivity contribution in [1.29, 1.82) is 0 Å². The molecule has 2 heterocycles. The Balaban J connectivity index is 1.46. The zero-order valence-corrected chi connectivity index (χ0v) is 16.3. The number of imidazole rings is 1. The van der Waals surface area contributed by atoms with E-state index in [0.29, 0.717) is 0 Å². The van der Waals surface area contributed by atoms with Crippen molar-refractivity contribution in [3.05, 3.63) is 34.7 Å². The summed E-state index contributed by atoms with van der Waals surface area (Å²) in [6, 6.07) is 8.24.